The predicted molar refractivity (Wildman–Crippen MR) is 100 cm³/mol. The summed E-state index contributed by atoms with van der Waals surface area (Å²) in [4.78, 5) is 8.60. The van der Waals surface area contributed by atoms with Gasteiger partial charge < -0.3 is 14.8 Å². The molecule has 0 atom stereocenters. The van der Waals surface area contributed by atoms with Crippen molar-refractivity contribution in [3.05, 3.63) is 34.7 Å². The van der Waals surface area contributed by atoms with Crippen LogP contribution in [0.4, 0.5) is 5.82 Å². The number of fused-ring (bicyclic) bond motifs is 1. The lowest BCUT2D eigenvalue weighted by Crippen LogP contribution is -2.04. The summed E-state index contributed by atoms with van der Waals surface area (Å²) in [5.74, 6) is 2.21. The third-order valence-electron chi connectivity index (χ3n) is 3.73. The van der Waals surface area contributed by atoms with Gasteiger partial charge >= 0.3 is 0 Å². The van der Waals surface area contributed by atoms with E-state index in [4.69, 9.17) is 9.47 Å². The van der Waals surface area contributed by atoms with Crippen LogP contribution in [-0.4, -0.2) is 33.5 Å². The number of nitrogens with one attached hydrogen (secondary N) is 1. The van der Waals surface area contributed by atoms with Gasteiger partial charge in [-0.3, -0.25) is 0 Å². The van der Waals surface area contributed by atoms with Crippen LogP contribution in [0.25, 0.3) is 11.0 Å². The Morgan fingerprint density at radius 1 is 1.24 bits per heavy atom. The van der Waals surface area contributed by atoms with Gasteiger partial charge in [-0.25, -0.2) is 14.6 Å². The van der Waals surface area contributed by atoms with Crippen LogP contribution >= 0.6 is 15.9 Å². The Labute approximate surface area is 154 Å². The molecule has 0 fully saturated rings. The number of aryl methyl sites for hydroxylation is 1. The van der Waals surface area contributed by atoms with Gasteiger partial charge in [-0.1, -0.05) is 13.0 Å². The minimum absolute atomic E-state index is 0.595. The van der Waals surface area contributed by atoms with Gasteiger partial charge in [0, 0.05) is 13.6 Å². The van der Waals surface area contributed by atoms with Crippen molar-refractivity contribution in [3.8, 4) is 11.5 Å². The number of hydrogen-bond acceptors (Lipinski definition) is 6. The van der Waals surface area contributed by atoms with Crippen molar-refractivity contribution in [2.45, 2.75) is 19.9 Å². The SMILES string of the molecule is CCCOc1ccc(CNc2ncnc3c2c(Br)nn3C)cc1OC. The molecule has 0 aliphatic heterocycles. The van der Waals surface area contributed by atoms with Crippen LogP contribution in [0.5, 0.6) is 11.5 Å². The highest BCUT2D eigenvalue weighted by atomic mass is 79.9. The lowest BCUT2D eigenvalue weighted by Gasteiger charge is -2.12. The zero-order valence-corrected chi connectivity index (χ0v) is 16.0. The second-order valence-corrected chi connectivity index (χ2v) is 6.27. The molecule has 0 saturated carbocycles. The predicted octanol–water partition coefficient (Wildman–Crippen LogP) is 3.54. The molecule has 0 unspecified atom stereocenters. The van der Waals surface area contributed by atoms with Crippen molar-refractivity contribution in [1.82, 2.24) is 19.7 Å². The Morgan fingerprint density at radius 3 is 2.84 bits per heavy atom. The highest BCUT2D eigenvalue weighted by molar-refractivity contribution is 9.10. The van der Waals surface area contributed by atoms with E-state index >= 15 is 0 Å². The zero-order chi connectivity index (χ0) is 17.8. The molecule has 2 heterocycles. The summed E-state index contributed by atoms with van der Waals surface area (Å²) >= 11 is 3.46. The molecule has 0 spiro atoms. The van der Waals surface area contributed by atoms with Crippen molar-refractivity contribution in [2.24, 2.45) is 7.05 Å². The Balaban J connectivity index is 1.80. The van der Waals surface area contributed by atoms with Crippen molar-refractivity contribution >= 4 is 32.8 Å². The first kappa shape index (κ1) is 17.5. The average molecular weight is 406 g/mol. The first-order valence-electron chi connectivity index (χ1n) is 8.00. The van der Waals surface area contributed by atoms with E-state index in [2.05, 4.69) is 43.2 Å². The number of benzene rings is 1. The molecule has 132 valence electrons. The summed E-state index contributed by atoms with van der Waals surface area (Å²) in [6.07, 6.45) is 2.48. The van der Waals surface area contributed by atoms with Crippen LogP contribution in [0.1, 0.15) is 18.9 Å². The van der Waals surface area contributed by atoms with Crippen LogP contribution < -0.4 is 14.8 Å². The third-order valence-corrected chi connectivity index (χ3v) is 4.28. The van der Waals surface area contributed by atoms with Crippen molar-refractivity contribution in [3.63, 3.8) is 0 Å². The molecular weight excluding hydrogens is 386 g/mol. The van der Waals surface area contributed by atoms with Crippen LogP contribution in [0.3, 0.4) is 0 Å². The molecule has 3 rings (SSSR count). The second kappa shape index (κ2) is 7.69. The molecule has 0 bridgehead atoms. The number of nitrogens with zero attached hydrogens (tertiary/aromatic N) is 4. The van der Waals surface area contributed by atoms with Gasteiger partial charge in [0.15, 0.2) is 17.1 Å². The Bertz CT molecular complexity index is 881. The van der Waals surface area contributed by atoms with E-state index in [-0.39, 0.29) is 0 Å². The van der Waals surface area contributed by atoms with Crippen LogP contribution in [0, 0.1) is 0 Å². The first-order valence-corrected chi connectivity index (χ1v) is 8.80. The molecule has 0 amide bonds. The standard InChI is InChI=1S/C17H20BrN5O2/c1-4-7-25-12-6-5-11(8-13(12)24-3)9-19-16-14-15(18)22-23(2)17(14)21-10-20-16/h5-6,8,10H,4,7,9H2,1-3H3,(H,19,20,21). The van der Waals surface area contributed by atoms with Crippen LogP contribution in [-0.2, 0) is 13.6 Å². The minimum Gasteiger partial charge on any atom is -0.493 e. The van der Waals surface area contributed by atoms with E-state index < -0.39 is 0 Å². The number of aromatic nitrogens is 4. The van der Waals surface area contributed by atoms with Gasteiger partial charge in [0.05, 0.1) is 19.1 Å². The lowest BCUT2D eigenvalue weighted by molar-refractivity contribution is 0.294. The van der Waals surface area contributed by atoms with Crippen molar-refractivity contribution in [1.29, 1.82) is 0 Å². The summed E-state index contributed by atoms with van der Waals surface area (Å²) in [6, 6.07) is 5.91. The lowest BCUT2D eigenvalue weighted by atomic mass is 10.2. The minimum atomic E-state index is 0.595. The van der Waals surface area contributed by atoms with Gasteiger partial charge in [-0.05, 0) is 40.0 Å². The zero-order valence-electron chi connectivity index (χ0n) is 14.4. The smallest absolute Gasteiger partial charge is 0.164 e. The molecule has 2 aromatic heterocycles. The first-order chi connectivity index (χ1) is 12.1. The van der Waals surface area contributed by atoms with Crippen LogP contribution in [0.15, 0.2) is 29.1 Å². The second-order valence-electron chi connectivity index (χ2n) is 5.52. The number of ether oxygens (including phenoxy) is 2. The van der Waals surface area contributed by atoms with Gasteiger partial charge in [0.25, 0.3) is 0 Å². The molecule has 1 N–H and O–H groups in total. The van der Waals surface area contributed by atoms with Crippen molar-refractivity contribution < 1.29 is 9.47 Å². The maximum absolute atomic E-state index is 5.69. The Morgan fingerprint density at radius 2 is 2.08 bits per heavy atom. The number of methoxy groups -OCH3 is 1. The molecule has 0 radical (unpaired) electrons. The maximum atomic E-state index is 5.69. The fourth-order valence-electron chi connectivity index (χ4n) is 2.51. The topological polar surface area (TPSA) is 74.1 Å². The number of halogens is 1. The van der Waals surface area contributed by atoms with E-state index in [1.54, 1.807) is 11.8 Å². The largest absolute Gasteiger partial charge is 0.493 e. The number of hydrogen-bond donors (Lipinski definition) is 1. The fourth-order valence-corrected chi connectivity index (χ4v) is 3.12. The number of rotatable bonds is 7. The summed E-state index contributed by atoms with van der Waals surface area (Å²) in [7, 11) is 3.50. The Kier molecular flexibility index (Phi) is 5.37. The molecule has 8 heteroatoms. The molecule has 0 aliphatic carbocycles. The molecule has 3 aromatic rings. The van der Waals surface area contributed by atoms with Crippen LogP contribution in [0.2, 0.25) is 0 Å². The van der Waals surface area contributed by atoms with E-state index in [9.17, 15) is 0 Å². The molecule has 0 saturated heterocycles. The Hall–Kier alpha value is -2.35. The highest BCUT2D eigenvalue weighted by Gasteiger charge is 2.13. The fraction of sp³-hybridized carbons (Fsp3) is 0.353. The normalized spacial score (nSPS) is 10.9. The molecule has 7 nitrogen and oxygen atoms in total. The molecular formula is C17H20BrN5O2. The average Bonchev–Trinajstić information content (AvgIpc) is 2.93. The van der Waals surface area contributed by atoms with E-state index in [0.29, 0.717) is 17.8 Å². The van der Waals surface area contributed by atoms with Crippen molar-refractivity contribution in [2.75, 3.05) is 19.0 Å². The maximum Gasteiger partial charge on any atom is 0.164 e. The number of anilines is 1. The monoisotopic (exact) mass is 405 g/mol. The quantitative estimate of drug-likeness (QED) is 0.647. The van der Waals surface area contributed by atoms with Gasteiger partial charge in [0.2, 0.25) is 0 Å². The molecule has 1 aromatic carbocycles. The summed E-state index contributed by atoms with van der Waals surface area (Å²) in [5.41, 5.74) is 1.83. The summed E-state index contributed by atoms with van der Waals surface area (Å²) < 4.78 is 13.6. The highest BCUT2D eigenvalue weighted by Crippen LogP contribution is 2.30. The van der Waals surface area contributed by atoms with E-state index in [1.165, 1.54) is 6.33 Å². The van der Waals surface area contributed by atoms with E-state index in [1.807, 2.05) is 25.2 Å². The summed E-state index contributed by atoms with van der Waals surface area (Å²) in [6.45, 7) is 3.34. The van der Waals surface area contributed by atoms with Gasteiger partial charge in [0.1, 0.15) is 16.7 Å². The van der Waals surface area contributed by atoms with Gasteiger partial charge in [-0.15, -0.1) is 0 Å². The summed E-state index contributed by atoms with van der Waals surface area (Å²) in [5, 5.41) is 8.53. The third kappa shape index (κ3) is 3.68. The molecule has 0 aliphatic rings. The molecule has 25 heavy (non-hydrogen) atoms. The van der Waals surface area contributed by atoms with E-state index in [0.717, 1.165) is 40.3 Å². The van der Waals surface area contributed by atoms with Gasteiger partial charge in [-0.2, -0.15) is 5.10 Å².